The zero-order valence-corrected chi connectivity index (χ0v) is 52.2. The molecule has 3 aliphatic heterocycles. The Kier molecular flexibility index (Phi) is 21.3. The lowest BCUT2D eigenvalue weighted by molar-refractivity contribution is -0.153. The van der Waals surface area contributed by atoms with Crippen molar-refractivity contribution in [2.75, 3.05) is 37.5 Å². The van der Waals surface area contributed by atoms with Crippen molar-refractivity contribution < 1.29 is 70.1 Å². The summed E-state index contributed by atoms with van der Waals surface area (Å²) >= 11 is 0. The fourth-order valence-corrected chi connectivity index (χ4v) is 14.2. The summed E-state index contributed by atoms with van der Waals surface area (Å²) in [6.45, 7) is 4.39. The number of hydrogen-bond acceptors (Lipinski definition) is 24. The van der Waals surface area contributed by atoms with Gasteiger partial charge in [-0.25, -0.2) is 24.5 Å². The zero-order chi connectivity index (χ0) is 65.1. The number of ketones is 1. The van der Waals surface area contributed by atoms with Crippen molar-refractivity contribution in [3.63, 3.8) is 0 Å². The maximum atomic E-state index is 15.3. The molecule has 10 rings (SSSR count). The van der Waals surface area contributed by atoms with Crippen molar-refractivity contribution in [1.82, 2.24) is 38.6 Å². The van der Waals surface area contributed by atoms with Gasteiger partial charge in [-0.3, -0.25) is 37.2 Å². The van der Waals surface area contributed by atoms with Gasteiger partial charge in [0.1, 0.15) is 67.9 Å². The quantitative estimate of drug-likeness (QED) is 0.0374. The molecule has 3 aromatic carbocycles. The number of rotatable bonds is 27. The number of nitrogens with zero attached hydrogens (tertiary/aromatic N) is 10. The van der Waals surface area contributed by atoms with Crippen molar-refractivity contribution >= 4 is 55.8 Å². The van der Waals surface area contributed by atoms with Gasteiger partial charge in [0.15, 0.2) is 17.0 Å². The minimum Gasteiger partial charge on any atom is -0.463 e. The third-order valence-corrected chi connectivity index (χ3v) is 19.1. The van der Waals surface area contributed by atoms with E-state index in [9.17, 15) is 39.3 Å². The van der Waals surface area contributed by atoms with Gasteiger partial charge in [-0.05, 0) is 44.0 Å². The van der Waals surface area contributed by atoms with E-state index < -0.39 is 125 Å². The number of aryl methyl sites for hydroxylation is 2. The molecule has 28 nitrogen and oxygen atoms in total. The van der Waals surface area contributed by atoms with Crippen LogP contribution in [-0.2, 0) is 65.3 Å². The fraction of sp³-hybridized carbons (Fsp3) is 0.403. The number of ether oxygens (including phenoxy) is 5. The van der Waals surface area contributed by atoms with Crippen LogP contribution in [0, 0.1) is 36.5 Å². The molecule has 0 spiro atoms. The van der Waals surface area contributed by atoms with Crippen LogP contribution in [-0.4, -0.2) is 131 Å². The van der Waals surface area contributed by atoms with Crippen molar-refractivity contribution in [3.8, 4) is 34.7 Å². The Morgan fingerprint density at radius 2 is 1.11 bits per heavy atom. The summed E-state index contributed by atoms with van der Waals surface area (Å²) in [5, 5.41) is 22.5. The molecule has 1 N–H and O–H groups in total. The smallest absolute Gasteiger partial charge is 0.350 e. The summed E-state index contributed by atoms with van der Waals surface area (Å²) in [6, 6.07) is 30.5. The van der Waals surface area contributed by atoms with E-state index >= 15 is 9.13 Å². The van der Waals surface area contributed by atoms with Gasteiger partial charge in [-0.2, -0.15) is 20.5 Å². The number of carbonyl (C=O) groups is 4. The van der Waals surface area contributed by atoms with E-state index in [1.807, 2.05) is 48.5 Å². The Balaban J connectivity index is 0.919. The van der Waals surface area contributed by atoms with Crippen LogP contribution in [0.4, 0.5) is 5.82 Å². The van der Waals surface area contributed by atoms with Gasteiger partial charge in [-0.1, -0.05) is 78.9 Å². The molecule has 3 aliphatic rings. The van der Waals surface area contributed by atoms with Crippen LogP contribution in [0.25, 0.3) is 33.7 Å². The van der Waals surface area contributed by atoms with E-state index in [1.165, 1.54) is 46.4 Å². The number of aromatic nitrogens is 8. The fourth-order valence-electron chi connectivity index (χ4n) is 10.8. The second kappa shape index (κ2) is 29.7. The Morgan fingerprint density at radius 3 is 1.61 bits per heavy atom. The number of esters is 2. The first-order valence-corrected chi connectivity index (χ1v) is 33.0. The first-order valence-electron chi connectivity index (χ1n) is 29.5. The molecule has 0 radical (unpaired) electrons. The van der Waals surface area contributed by atoms with E-state index in [0.717, 1.165) is 0 Å². The zero-order valence-electron chi connectivity index (χ0n) is 50.5. The van der Waals surface area contributed by atoms with Gasteiger partial charge in [0.05, 0.1) is 67.9 Å². The van der Waals surface area contributed by atoms with E-state index in [1.54, 1.807) is 74.6 Å². The van der Waals surface area contributed by atoms with Crippen LogP contribution < -0.4 is 16.7 Å². The normalized spacial score (nSPS) is 22.4. The summed E-state index contributed by atoms with van der Waals surface area (Å²) in [5.74, 6) is -2.02. The molecule has 3 saturated heterocycles. The number of Topliss-reactive ketones (excluding diaryl/α,β-unsaturated/α-hetero) is 1. The molecule has 7 aromatic rings. The Labute approximate surface area is 526 Å². The van der Waals surface area contributed by atoms with Crippen molar-refractivity contribution in [2.24, 2.45) is 0 Å². The average Bonchev–Trinajstić information content (AvgIpc) is 1.61. The summed E-state index contributed by atoms with van der Waals surface area (Å²) in [4.78, 5) is 100. The monoisotopic (exact) mass is 1300 g/mol. The first-order chi connectivity index (χ1) is 44.3. The topological polar surface area (TPSA) is 358 Å². The third kappa shape index (κ3) is 16.1. The minimum atomic E-state index is -4.55. The van der Waals surface area contributed by atoms with Crippen LogP contribution in [0.1, 0.15) is 99.0 Å². The summed E-state index contributed by atoms with van der Waals surface area (Å²) < 4.78 is 90.4. The predicted octanol–water partition coefficient (Wildman–Crippen LogP) is 8.27. The second-order valence-electron chi connectivity index (χ2n) is 22.0. The largest absolute Gasteiger partial charge is 0.463 e. The number of carbonyl (C=O) groups excluding carboxylic acids is 4. The maximum absolute atomic E-state index is 15.3. The summed E-state index contributed by atoms with van der Waals surface area (Å²) in [7, 11) is -9.04. The van der Waals surface area contributed by atoms with Crippen LogP contribution in [0.3, 0.4) is 0 Å². The number of nitriles is 2. The van der Waals surface area contributed by atoms with E-state index in [4.69, 9.17) is 41.8 Å². The highest BCUT2D eigenvalue weighted by atomic mass is 31.2. The first kappa shape index (κ1) is 66.1. The number of nitrogens with one attached hydrogen (secondary N) is 1. The molecule has 0 bridgehead atoms. The molecular formula is C62H65N11O17P2. The molecule has 0 aliphatic carbocycles. The lowest BCUT2D eigenvalue weighted by atomic mass is 10.1. The van der Waals surface area contributed by atoms with Crippen LogP contribution in [0.5, 0.6) is 0 Å². The highest BCUT2D eigenvalue weighted by molar-refractivity contribution is 7.54. The van der Waals surface area contributed by atoms with E-state index in [2.05, 4.69) is 30.2 Å². The SMILES string of the molecule is CC(=O)CCC(=O)O[C@H]1C[C@H](n2cc(C)c(-c3ccccc3)nc2=O)O[C@@H]1COP(=O)(CCC#N)O[C@H]1C[C@H](n2cc(C)c(-c3ccccc3)nc2=O)O[C@@H]1COP(=O)(CCC#N)O[C@H]1C[C@H](n2cnc3c(NC(=O)c4ccccc4)ncnc32)O[C@@H]1COC(C)=O. The Hall–Kier alpha value is -8.79. The number of fused-ring (bicyclic) bond motifs is 1. The molecule has 92 heavy (non-hydrogen) atoms. The number of benzene rings is 3. The van der Waals surface area contributed by atoms with Crippen molar-refractivity contribution in [1.29, 1.82) is 10.5 Å². The molecular weight excluding hydrogens is 1230 g/mol. The van der Waals surface area contributed by atoms with Gasteiger partial charge in [0.2, 0.25) is 0 Å². The number of hydrogen-bond donors (Lipinski definition) is 1. The molecule has 30 heteroatoms. The highest BCUT2D eigenvalue weighted by Crippen LogP contribution is 2.56. The molecule has 11 atom stereocenters. The maximum Gasteiger partial charge on any atom is 0.350 e. The number of anilines is 1. The number of amides is 1. The van der Waals surface area contributed by atoms with Gasteiger partial charge in [0.25, 0.3) is 5.91 Å². The lowest BCUT2D eigenvalue weighted by Gasteiger charge is -2.28. The predicted molar refractivity (Wildman–Crippen MR) is 326 cm³/mol. The van der Waals surface area contributed by atoms with Crippen LogP contribution in [0.2, 0.25) is 0 Å². The van der Waals surface area contributed by atoms with Crippen molar-refractivity contribution in [2.45, 2.75) is 128 Å². The lowest BCUT2D eigenvalue weighted by Crippen LogP contribution is -2.33. The van der Waals surface area contributed by atoms with Gasteiger partial charge in [-0.15, -0.1) is 0 Å². The average molecular weight is 1300 g/mol. The molecule has 1 amide bonds. The second-order valence-corrected chi connectivity index (χ2v) is 26.3. The Bertz CT molecular complexity index is 4140. The molecule has 0 saturated carbocycles. The molecule has 3 fully saturated rings. The third-order valence-electron chi connectivity index (χ3n) is 15.3. The summed E-state index contributed by atoms with van der Waals surface area (Å²) in [5.41, 5.74) is 2.81. The van der Waals surface area contributed by atoms with Gasteiger partial charge < -0.3 is 51.9 Å². The standard InChI is InChI=1S/C62H65N11O17P2/c1-38-31-71(61(78)68-55(38)42-16-8-5-9-17-42)51-28-45(88-54(76)23-22-40(3)74)49(86-51)34-83-91(80,26-14-24-63)90-47-29-52(72-32-39(2)56(69-62(72)79)43-18-10-6-11-19-43)87-50(47)35-84-92(81,27-15-25-64)89-46-30-53(85-48(46)33-82-41(4)75)73-37-67-57-58(65-36-66-59(57)73)70-60(77)44-20-12-7-13-21-44/h5-13,16-21,31-32,36-37,45-53H,14-15,22-23,26-30,33-35H2,1-4H3,(H,65,66,70,77)/t45-,46-,47-,48+,49+,50+,51+,52+,53+,91?,92?/m0/s1. The van der Waals surface area contributed by atoms with E-state index in [-0.39, 0.29) is 74.3 Å². The molecule has 480 valence electrons. The van der Waals surface area contributed by atoms with E-state index in [0.29, 0.717) is 39.2 Å². The molecule has 4 aromatic heterocycles. The molecule has 7 heterocycles. The van der Waals surface area contributed by atoms with Gasteiger partial charge >= 0.3 is 38.5 Å². The highest BCUT2D eigenvalue weighted by Gasteiger charge is 2.48. The summed E-state index contributed by atoms with van der Waals surface area (Å²) in [6.07, 6.45) is -7.35. The van der Waals surface area contributed by atoms with Crippen molar-refractivity contribution in [3.05, 3.63) is 154 Å². The minimum absolute atomic E-state index is 0.0772. The molecule has 2 unspecified atom stereocenters. The van der Waals surface area contributed by atoms with Gasteiger partial charge in [0, 0.05) is 74.5 Å². The van der Waals surface area contributed by atoms with Crippen LogP contribution >= 0.6 is 15.2 Å². The van der Waals surface area contributed by atoms with Crippen LogP contribution in [0.15, 0.2) is 126 Å². The Morgan fingerprint density at radius 1 is 0.630 bits per heavy atom. The number of imidazole rings is 1.